The molecule has 0 saturated heterocycles. The van der Waals surface area contributed by atoms with Gasteiger partial charge in [-0.25, -0.2) is 0 Å². The molecule has 0 bridgehead atoms. The minimum atomic E-state index is -0.299. The normalized spacial score (nSPS) is 10.2. The lowest BCUT2D eigenvalue weighted by Crippen LogP contribution is -2.09. The Morgan fingerprint density at radius 1 is 0.960 bits per heavy atom. The Bertz CT molecular complexity index is 679. The van der Waals surface area contributed by atoms with Crippen molar-refractivity contribution in [2.75, 3.05) is 20.8 Å². The van der Waals surface area contributed by atoms with Crippen molar-refractivity contribution in [3.8, 4) is 23.0 Å². The molecular weight excluding hydrogens is 320 g/mol. The van der Waals surface area contributed by atoms with Gasteiger partial charge in [0.15, 0.2) is 11.5 Å². The number of para-hydroxylation sites is 1. The second kappa shape index (κ2) is 9.57. The van der Waals surface area contributed by atoms with E-state index in [-0.39, 0.29) is 12.4 Å². The fraction of sp³-hybridized carbons (Fsp3) is 0.350. The molecule has 0 aliphatic heterocycles. The first-order chi connectivity index (χ1) is 12.2. The van der Waals surface area contributed by atoms with E-state index in [0.29, 0.717) is 30.3 Å². The Morgan fingerprint density at radius 3 is 2.32 bits per heavy atom. The summed E-state index contributed by atoms with van der Waals surface area (Å²) in [6.45, 7) is 2.72. The summed E-state index contributed by atoms with van der Waals surface area (Å²) in [5, 5.41) is 0. The maximum absolute atomic E-state index is 12.1. The number of hydrogen-bond acceptors (Lipinski definition) is 5. The van der Waals surface area contributed by atoms with Crippen LogP contribution in [0.15, 0.2) is 42.5 Å². The van der Waals surface area contributed by atoms with Crippen LogP contribution in [0.4, 0.5) is 0 Å². The molecule has 0 N–H and O–H groups in total. The summed E-state index contributed by atoms with van der Waals surface area (Å²) in [4.78, 5) is 12.1. The summed E-state index contributed by atoms with van der Waals surface area (Å²) in [6, 6.07) is 12.7. The fourth-order valence-corrected chi connectivity index (χ4v) is 2.39. The van der Waals surface area contributed by atoms with Crippen LogP contribution in [0.25, 0.3) is 0 Å². The van der Waals surface area contributed by atoms with Crippen LogP contribution in [0.2, 0.25) is 0 Å². The highest BCUT2D eigenvalue weighted by atomic mass is 16.5. The quantitative estimate of drug-likeness (QED) is 0.508. The van der Waals surface area contributed by atoms with Crippen LogP contribution in [0, 0.1) is 0 Å². The van der Waals surface area contributed by atoms with Gasteiger partial charge in [0.05, 0.1) is 27.2 Å². The molecule has 0 fully saturated rings. The Morgan fingerprint density at radius 2 is 1.68 bits per heavy atom. The van der Waals surface area contributed by atoms with Gasteiger partial charge in [-0.15, -0.1) is 0 Å². The van der Waals surface area contributed by atoms with Crippen LogP contribution in [0.1, 0.15) is 25.3 Å². The SMILES string of the molecule is CCCOc1ccc(OC(=O)CCc2cccc(OC)c2OC)cc1. The maximum atomic E-state index is 12.1. The second-order valence-electron chi connectivity index (χ2n) is 5.45. The van der Waals surface area contributed by atoms with Crippen molar-refractivity contribution in [1.29, 1.82) is 0 Å². The number of carbonyl (C=O) groups excluding carboxylic acids is 1. The third-order valence-electron chi connectivity index (χ3n) is 3.61. The van der Waals surface area contributed by atoms with Gasteiger partial charge < -0.3 is 18.9 Å². The van der Waals surface area contributed by atoms with Gasteiger partial charge in [-0.3, -0.25) is 4.79 Å². The van der Waals surface area contributed by atoms with Crippen LogP contribution in [-0.4, -0.2) is 26.8 Å². The molecule has 2 rings (SSSR count). The lowest BCUT2D eigenvalue weighted by molar-refractivity contribution is -0.134. The van der Waals surface area contributed by atoms with Crippen LogP contribution in [0.5, 0.6) is 23.0 Å². The number of benzene rings is 2. The van der Waals surface area contributed by atoms with Gasteiger partial charge in [-0.05, 0) is 48.7 Å². The van der Waals surface area contributed by atoms with Gasteiger partial charge in [-0.2, -0.15) is 0 Å². The Labute approximate surface area is 148 Å². The molecule has 134 valence electrons. The molecule has 0 aromatic heterocycles. The number of methoxy groups -OCH3 is 2. The Hall–Kier alpha value is -2.69. The summed E-state index contributed by atoms with van der Waals surface area (Å²) in [5.74, 6) is 2.27. The van der Waals surface area contributed by atoms with Gasteiger partial charge in [0, 0.05) is 0 Å². The molecule has 0 amide bonds. The molecule has 0 atom stereocenters. The van der Waals surface area contributed by atoms with Crippen molar-refractivity contribution < 1.29 is 23.7 Å². The predicted octanol–water partition coefficient (Wildman–Crippen LogP) is 4.03. The van der Waals surface area contributed by atoms with E-state index in [9.17, 15) is 4.79 Å². The van der Waals surface area contributed by atoms with E-state index in [4.69, 9.17) is 18.9 Å². The average Bonchev–Trinajstić information content (AvgIpc) is 2.65. The molecule has 0 unspecified atom stereocenters. The van der Waals surface area contributed by atoms with Crippen molar-refractivity contribution in [3.05, 3.63) is 48.0 Å². The number of carbonyl (C=O) groups is 1. The first-order valence-corrected chi connectivity index (χ1v) is 8.31. The lowest BCUT2D eigenvalue weighted by Gasteiger charge is -2.12. The summed E-state index contributed by atoms with van der Waals surface area (Å²) < 4.78 is 21.5. The second-order valence-corrected chi connectivity index (χ2v) is 5.45. The van der Waals surface area contributed by atoms with Gasteiger partial charge in [0.25, 0.3) is 0 Å². The minimum absolute atomic E-state index is 0.248. The summed E-state index contributed by atoms with van der Waals surface area (Å²) in [6.07, 6.45) is 1.71. The maximum Gasteiger partial charge on any atom is 0.311 e. The largest absolute Gasteiger partial charge is 0.494 e. The Balaban J connectivity index is 1.90. The molecule has 25 heavy (non-hydrogen) atoms. The molecule has 2 aromatic carbocycles. The molecular formula is C20H24O5. The van der Waals surface area contributed by atoms with Gasteiger partial charge in [-0.1, -0.05) is 19.1 Å². The molecule has 0 heterocycles. The zero-order chi connectivity index (χ0) is 18.1. The third kappa shape index (κ3) is 5.41. The highest BCUT2D eigenvalue weighted by molar-refractivity contribution is 5.73. The molecule has 0 radical (unpaired) electrons. The molecule has 0 saturated carbocycles. The number of rotatable bonds is 9. The first-order valence-electron chi connectivity index (χ1n) is 8.31. The number of ether oxygens (including phenoxy) is 4. The molecule has 0 aliphatic carbocycles. The van der Waals surface area contributed by atoms with Crippen LogP contribution >= 0.6 is 0 Å². The van der Waals surface area contributed by atoms with Crippen LogP contribution < -0.4 is 18.9 Å². The topological polar surface area (TPSA) is 54.0 Å². The summed E-state index contributed by atoms with van der Waals surface area (Å²) in [5.41, 5.74) is 0.905. The lowest BCUT2D eigenvalue weighted by atomic mass is 10.1. The Kier molecular flexibility index (Phi) is 7.14. The zero-order valence-electron chi connectivity index (χ0n) is 14.9. The van der Waals surface area contributed by atoms with E-state index in [1.165, 1.54) is 0 Å². The first kappa shape index (κ1) is 18.6. The highest BCUT2D eigenvalue weighted by Crippen LogP contribution is 2.31. The molecule has 2 aromatic rings. The van der Waals surface area contributed by atoms with Crippen molar-refractivity contribution in [1.82, 2.24) is 0 Å². The zero-order valence-corrected chi connectivity index (χ0v) is 14.9. The van der Waals surface area contributed by atoms with Gasteiger partial charge in [0.2, 0.25) is 0 Å². The molecule has 0 spiro atoms. The predicted molar refractivity (Wildman–Crippen MR) is 95.7 cm³/mol. The van der Waals surface area contributed by atoms with Crippen molar-refractivity contribution in [2.24, 2.45) is 0 Å². The van der Waals surface area contributed by atoms with E-state index < -0.39 is 0 Å². The van der Waals surface area contributed by atoms with Gasteiger partial charge >= 0.3 is 5.97 Å². The number of aryl methyl sites for hydroxylation is 1. The van der Waals surface area contributed by atoms with Crippen molar-refractivity contribution in [3.63, 3.8) is 0 Å². The number of esters is 1. The van der Waals surface area contributed by atoms with Crippen molar-refractivity contribution >= 4 is 5.97 Å². The van der Waals surface area contributed by atoms with Gasteiger partial charge in [0.1, 0.15) is 11.5 Å². The minimum Gasteiger partial charge on any atom is -0.494 e. The molecule has 5 heteroatoms. The van der Waals surface area contributed by atoms with E-state index in [1.807, 2.05) is 25.1 Å². The third-order valence-corrected chi connectivity index (χ3v) is 3.61. The average molecular weight is 344 g/mol. The summed E-state index contributed by atoms with van der Waals surface area (Å²) in [7, 11) is 3.17. The van der Waals surface area contributed by atoms with E-state index in [1.54, 1.807) is 38.5 Å². The van der Waals surface area contributed by atoms with Crippen molar-refractivity contribution in [2.45, 2.75) is 26.2 Å². The highest BCUT2D eigenvalue weighted by Gasteiger charge is 2.12. The number of hydrogen-bond donors (Lipinski definition) is 0. The fourth-order valence-electron chi connectivity index (χ4n) is 2.39. The monoisotopic (exact) mass is 344 g/mol. The van der Waals surface area contributed by atoms with E-state index >= 15 is 0 Å². The smallest absolute Gasteiger partial charge is 0.311 e. The standard InChI is InChI=1S/C20H24O5/c1-4-14-24-16-9-11-17(12-10-16)25-19(21)13-8-15-6-5-7-18(22-2)20(15)23-3/h5-7,9-12H,4,8,13-14H2,1-3H3. The summed E-state index contributed by atoms with van der Waals surface area (Å²) >= 11 is 0. The van der Waals surface area contributed by atoms with E-state index in [2.05, 4.69) is 0 Å². The van der Waals surface area contributed by atoms with Crippen LogP contribution in [0.3, 0.4) is 0 Å². The molecule has 5 nitrogen and oxygen atoms in total. The van der Waals surface area contributed by atoms with E-state index in [0.717, 1.165) is 17.7 Å². The van der Waals surface area contributed by atoms with Crippen LogP contribution in [-0.2, 0) is 11.2 Å². The molecule has 0 aliphatic rings.